The third kappa shape index (κ3) is 2.56. The number of hydrogen-bond donors (Lipinski definition) is 1. The summed E-state index contributed by atoms with van der Waals surface area (Å²) >= 11 is 1.90. The topological polar surface area (TPSA) is 47.1 Å². The molecule has 2 aromatic rings. The number of anilines is 2. The third-order valence-electron chi connectivity index (χ3n) is 3.33. The molecule has 5 heteroatoms. The maximum Gasteiger partial charge on any atom is 0.0539 e. The third-order valence-corrected chi connectivity index (χ3v) is 4.37. The van der Waals surface area contributed by atoms with Crippen LogP contribution in [0.5, 0.6) is 0 Å². The first-order chi connectivity index (χ1) is 9.26. The predicted octanol–water partition coefficient (Wildman–Crippen LogP) is 2.60. The number of nitrogens with zero attached hydrogens (tertiary/aromatic N) is 3. The van der Waals surface area contributed by atoms with E-state index in [0.29, 0.717) is 0 Å². The van der Waals surface area contributed by atoms with Gasteiger partial charge in [-0.3, -0.25) is 4.68 Å². The molecule has 2 N–H and O–H groups in total. The molecule has 0 fully saturated rings. The second-order valence-corrected chi connectivity index (χ2v) is 5.84. The Bertz CT molecular complexity index is 579. The molecule has 0 unspecified atom stereocenters. The monoisotopic (exact) mass is 274 g/mol. The molecule has 2 heterocycles. The van der Waals surface area contributed by atoms with Crippen LogP contribution >= 0.6 is 11.8 Å². The first-order valence-corrected chi connectivity index (χ1v) is 7.53. The molecule has 1 aromatic carbocycles. The van der Waals surface area contributed by atoms with Crippen molar-refractivity contribution >= 4 is 23.1 Å². The molecule has 1 aromatic heterocycles. The van der Waals surface area contributed by atoms with E-state index in [9.17, 15) is 0 Å². The van der Waals surface area contributed by atoms with E-state index in [1.807, 2.05) is 28.7 Å². The number of fused-ring (bicyclic) bond motifs is 1. The summed E-state index contributed by atoms with van der Waals surface area (Å²) in [5, 5.41) is 4.33. The van der Waals surface area contributed by atoms with Gasteiger partial charge in [0, 0.05) is 47.7 Å². The lowest BCUT2D eigenvalue weighted by Crippen LogP contribution is -2.28. The van der Waals surface area contributed by atoms with E-state index >= 15 is 0 Å². The first-order valence-electron chi connectivity index (χ1n) is 6.55. The lowest BCUT2D eigenvalue weighted by Gasteiger charge is -2.30. The normalized spacial score (nSPS) is 14.5. The fourth-order valence-electron chi connectivity index (χ4n) is 2.34. The SMILES string of the molecule is CCn1cc(CN2CCSc3ccc(N)cc32)cn1. The number of aromatic nitrogens is 2. The molecule has 0 amide bonds. The molecule has 1 aliphatic rings. The van der Waals surface area contributed by atoms with Crippen molar-refractivity contribution < 1.29 is 0 Å². The van der Waals surface area contributed by atoms with Gasteiger partial charge >= 0.3 is 0 Å². The van der Waals surface area contributed by atoms with Gasteiger partial charge in [-0.25, -0.2) is 0 Å². The van der Waals surface area contributed by atoms with Crippen LogP contribution < -0.4 is 10.6 Å². The highest BCUT2D eigenvalue weighted by Gasteiger charge is 2.18. The first kappa shape index (κ1) is 12.4. The highest BCUT2D eigenvalue weighted by atomic mass is 32.2. The van der Waals surface area contributed by atoms with Crippen molar-refractivity contribution in [3.63, 3.8) is 0 Å². The Balaban J connectivity index is 1.84. The van der Waals surface area contributed by atoms with Crippen LogP contribution in [0.2, 0.25) is 0 Å². The zero-order valence-electron chi connectivity index (χ0n) is 11.0. The Hall–Kier alpha value is -1.62. The van der Waals surface area contributed by atoms with Crippen LogP contribution in [0.4, 0.5) is 11.4 Å². The average Bonchev–Trinajstić information content (AvgIpc) is 2.87. The van der Waals surface area contributed by atoms with Gasteiger partial charge in [0.2, 0.25) is 0 Å². The van der Waals surface area contributed by atoms with Crippen LogP contribution in [0.25, 0.3) is 0 Å². The van der Waals surface area contributed by atoms with Crippen LogP contribution in [0.15, 0.2) is 35.5 Å². The van der Waals surface area contributed by atoms with E-state index in [1.165, 1.54) is 16.1 Å². The number of rotatable bonds is 3. The van der Waals surface area contributed by atoms with E-state index in [-0.39, 0.29) is 0 Å². The van der Waals surface area contributed by atoms with Gasteiger partial charge in [-0.05, 0) is 25.1 Å². The number of aryl methyl sites for hydroxylation is 1. The number of nitrogen functional groups attached to an aromatic ring is 1. The molecule has 19 heavy (non-hydrogen) atoms. The molecule has 0 radical (unpaired) electrons. The quantitative estimate of drug-likeness (QED) is 0.874. The summed E-state index contributed by atoms with van der Waals surface area (Å²) in [5.74, 6) is 1.12. The number of hydrogen-bond acceptors (Lipinski definition) is 4. The maximum atomic E-state index is 5.91. The maximum absolute atomic E-state index is 5.91. The van der Waals surface area contributed by atoms with Gasteiger partial charge in [-0.1, -0.05) is 0 Å². The summed E-state index contributed by atoms with van der Waals surface area (Å²) < 4.78 is 1.97. The van der Waals surface area contributed by atoms with Crippen molar-refractivity contribution in [2.45, 2.75) is 24.9 Å². The summed E-state index contributed by atoms with van der Waals surface area (Å²) in [7, 11) is 0. The zero-order valence-corrected chi connectivity index (χ0v) is 11.9. The molecule has 0 saturated heterocycles. The lowest BCUT2D eigenvalue weighted by atomic mass is 10.2. The summed E-state index contributed by atoms with van der Waals surface area (Å²) in [4.78, 5) is 3.71. The van der Waals surface area contributed by atoms with Crippen LogP contribution in [0, 0.1) is 0 Å². The van der Waals surface area contributed by atoms with Gasteiger partial charge in [0.1, 0.15) is 0 Å². The van der Waals surface area contributed by atoms with E-state index in [1.54, 1.807) is 0 Å². The fourth-order valence-corrected chi connectivity index (χ4v) is 3.37. The molecular weight excluding hydrogens is 256 g/mol. The molecule has 0 atom stereocenters. The minimum atomic E-state index is 0.829. The largest absolute Gasteiger partial charge is 0.399 e. The molecule has 0 spiro atoms. The van der Waals surface area contributed by atoms with Crippen molar-refractivity contribution in [3.8, 4) is 0 Å². The van der Waals surface area contributed by atoms with Crippen LogP contribution in [-0.2, 0) is 13.1 Å². The molecule has 4 nitrogen and oxygen atoms in total. The smallest absolute Gasteiger partial charge is 0.0539 e. The fraction of sp³-hybridized carbons (Fsp3) is 0.357. The lowest BCUT2D eigenvalue weighted by molar-refractivity contribution is 0.658. The van der Waals surface area contributed by atoms with E-state index < -0.39 is 0 Å². The highest BCUT2D eigenvalue weighted by molar-refractivity contribution is 7.99. The van der Waals surface area contributed by atoms with Crippen molar-refractivity contribution in [1.29, 1.82) is 0 Å². The Morgan fingerprint density at radius 1 is 1.42 bits per heavy atom. The van der Waals surface area contributed by atoms with Gasteiger partial charge < -0.3 is 10.6 Å². The van der Waals surface area contributed by atoms with Crippen molar-refractivity contribution in [2.75, 3.05) is 22.9 Å². The van der Waals surface area contributed by atoms with Gasteiger partial charge in [0.15, 0.2) is 0 Å². The summed E-state index contributed by atoms with van der Waals surface area (Å²) in [6, 6.07) is 6.17. The predicted molar refractivity (Wildman–Crippen MR) is 80.5 cm³/mol. The van der Waals surface area contributed by atoms with Gasteiger partial charge in [-0.2, -0.15) is 5.10 Å². The van der Waals surface area contributed by atoms with E-state index in [0.717, 1.165) is 31.1 Å². The Morgan fingerprint density at radius 3 is 3.11 bits per heavy atom. The van der Waals surface area contributed by atoms with Crippen molar-refractivity contribution in [2.24, 2.45) is 0 Å². The highest BCUT2D eigenvalue weighted by Crippen LogP contribution is 2.36. The molecule has 3 rings (SSSR count). The molecule has 1 aliphatic heterocycles. The van der Waals surface area contributed by atoms with Gasteiger partial charge in [0.25, 0.3) is 0 Å². The zero-order chi connectivity index (χ0) is 13.2. The Morgan fingerprint density at radius 2 is 2.32 bits per heavy atom. The Kier molecular flexibility index (Phi) is 3.38. The van der Waals surface area contributed by atoms with Crippen LogP contribution in [0.1, 0.15) is 12.5 Å². The van der Waals surface area contributed by atoms with Crippen LogP contribution in [0.3, 0.4) is 0 Å². The van der Waals surface area contributed by atoms with Crippen molar-refractivity contribution in [1.82, 2.24) is 9.78 Å². The summed E-state index contributed by atoms with van der Waals surface area (Å²) in [6.07, 6.45) is 4.07. The second kappa shape index (κ2) is 5.17. The van der Waals surface area contributed by atoms with Crippen molar-refractivity contribution in [3.05, 3.63) is 36.2 Å². The second-order valence-electron chi connectivity index (χ2n) is 4.70. The number of nitrogens with two attached hydrogens (primary N) is 1. The summed E-state index contributed by atoms with van der Waals surface area (Å²) in [5.41, 5.74) is 9.24. The number of benzene rings is 1. The van der Waals surface area contributed by atoms with E-state index in [4.69, 9.17) is 5.73 Å². The van der Waals surface area contributed by atoms with Crippen LogP contribution in [-0.4, -0.2) is 22.1 Å². The molecule has 0 aliphatic carbocycles. The average molecular weight is 274 g/mol. The number of thioether (sulfide) groups is 1. The molecule has 0 bridgehead atoms. The minimum absolute atomic E-state index is 0.829. The van der Waals surface area contributed by atoms with Gasteiger partial charge in [-0.15, -0.1) is 11.8 Å². The Labute approximate surface area is 117 Å². The molecule has 0 saturated carbocycles. The molecular formula is C14H18N4S. The molecule has 100 valence electrons. The standard InChI is InChI=1S/C14H18N4S/c1-2-18-10-11(8-16-18)9-17-5-6-19-14-4-3-12(15)7-13(14)17/h3-4,7-8,10H,2,5-6,9,15H2,1H3. The van der Waals surface area contributed by atoms with Gasteiger partial charge in [0.05, 0.1) is 11.9 Å². The summed E-state index contributed by atoms with van der Waals surface area (Å²) in [6.45, 7) is 4.97. The van der Waals surface area contributed by atoms with E-state index in [2.05, 4.69) is 35.3 Å². The minimum Gasteiger partial charge on any atom is -0.399 e.